The van der Waals surface area contributed by atoms with Gasteiger partial charge in [0, 0.05) is 11.9 Å². The highest BCUT2D eigenvalue weighted by molar-refractivity contribution is 6.20. The fraction of sp³-hybridized carbons (Fsp3) is 0.571. The van der Waals surface area contributed by atoms with Crippen LogP contribution in [0.15, 0.2) is 30.3 Å². The van der Waals surface area contributed by atoms with E-state index in [1.807, 2.05) is 18.2 Å². The molecule has 17 heavy (non-hydrogen) atoms. The monoisotopic (exact) mass is 253 g/mol. The number of rotatable bonds is 5. The number of alkyl halides is 1. The summed E-state index contributed by atoms with van der Waals surface area (Å²) in [4.78, 5) is 2.43. The lowest BCUT2D eigenvalue weighted by Crippen LogP contribution is -2.36. The van der Waals surface area contributed by atoms with E-state index < -0.39 is 0 Å². The van der Waals surface area contributed by atoms with Crippen LogP contribution in [0.3, 0.4) is 0 Å². The maximum absolute atomic E-state index is 6.07. The number of hydrogen-bond acceptors (Lipinski definition) is 2. The molecule has 1 aliphatic rings. The Labute approximate surface area is 109 Å². The van der Waals surface area contributed by atoms with Crippen LogP contribution >= 0.6 is 11.6 Å². The van der Waals surface area contributed by atoms with Crippen molar-refractivity contribution in [3.63, 3.8) is 0 Å². The number of nitrogens with zero attached hydrogens (tertiary/aromatic N) is 1. The number of hydrogen-bond donors (Lipinski definition) is 0. The summed E-state index contributed by atoms with van der Waals surface area (Å²) in [5.41, 5.74) is 1.24. The smallest absolute Gasteiger partial charge is 0.0717 e. The molecule has 94 valence electrons. The minimum absolute atomic E-state index is 0.386. The molecule has 0 N–H and O–H groups in total. The summed E-state index contributed by atoms with van der Waals surface area (Å²) in [5.74, 6) is 0. The Bertz CT molecular complexity index is 309. The number of benzene rings is 1. The van der Waals surface area contributed by atoms with Gasteiger partial charge in [0.25, 0.3) is 0 Å². The SMILES string of the molecule is ClC1CCN(CCOCc2ccccc2)CC1. The van der Waals surface area contributed by atoms with Gasteiger partial charge in [-0.15, -0.1) is 11.6 Å². The molecular formula is C14H20ClNO. The van der Waals surface area contributed by atoms with Crippen molar-refractivity contribution in [1.29, 1.82) is 0 Å². The van der Waals surface area contributed by atoms with Crippen LogP contribution in [0.1, 0.15) is 18.4 Å². The molecule has 2 rings (SSSR count). The van der Waals surface area contributed by atoms with E-state index in [1.165, 1.54) is 5.56 Å². The van der Waals surface area contributed by atoms with Gasteiger partial charge in [0.2, 0.25) is 0 Å². The van der Waals surface area contributed by atoms with Crippen molar-refractivity contribution in [2.45, 2.75) is 24.8 Å². The molecule has 0 aromatic heterocycles. The van der Waals surface area contributed by atoms with Crippen molar-refractivity contribution < 1.29 is 4.74 Å². The summed E-state index contributed by atoms with van der Waals surface area (Å²) in [6.07, 6.45) is 2.22. The minimum atomic E-state index is 0.386. The zero-order chi connectivity index (χ0) is 11.9. The van der Waals surface area contributed by atoms with Gasteiger partial charge in [-0.3, -0.25) is 0 Å². The fourth-order valence-electron chi connectivity index (χ4n) is 2.08. The third-order valence-corrected chi connectivity index (χ3v) is 3.62. The molecule has 0 radical (unpaired) electrons. The number of likely N-dealkylation sites (tertiary alicyclic amines) is 1. The van der Waals surface area contributed by atoms with E-state index in [0.29, 0.717) is 12.0 Å². The molecule has 1 fully saturated rings. The van der Waals surface area contributed by atoms with Crippen molar-refractivity contribution in [3.05, 3.63) is 35.9 Å². The molecule has 0 saturated carbocycles. The number of halogens is 1. The van der Waals surface area contributed by atoms with E-state index >= 15 is 0 Å². The molecule has 0 spiro atoms. The van der Waals surface area contributed by atoms with Crippen LogP contribution in [0.5, 0.6) is 0 Å². The normalized spacial score (nSPS) is 18.4. The van der Waals surface area contributed by atoms with E-state index in [1.54, 1.807) is 0 Å². The lowest BCUT2D eigenvalue weighted by Gasteiger charge is -2.28. The van der Waals surface area contributed by atoms with E-state index in [9.17, 15) is 0 Å². The van der Waals surface area contributed by atoms with Crippen LogP contribution in [0.4, 0.5) is 0 Å². The van der Waals surface area contributed by atoms with Crippen molar-refractivity contribution in [1.82, 2.24) is 4.90 Å². The molecule has 2 nitrogen and oxygen atoms in total. The summed E-state index contributed by atoms with van der Waals surface area (Å²) < 4.78 is 5.67. The molecular weight excluding hydrogens is 234 g/mol. The van der Waals surface area contributed by atoms with Crippen molar-refractivity contribution in [3.8, 4) is 0 Å². The first kappa shape index (κ1) is 12.9. The Morgan fingerprint density at radius 3 is 2.59 bits per heavy atom. The van der Waals surface area contributed by atoms with E-state index in [-0.39, 0.29) is 0 Å². The van der Waals surface area contributed by atoms with E-state index in [2.05, 4.69) is 17.0 Å². The second kappa shape index (κ2) is 7.00. The van der Waals surface area contributed by atoms with Crippen LogP contribution < -0.4 is 0 Å². The summed E-state index contributed by atoms with van der Waals surface area (Å²) in [5, 5.41) is 0.386. The number of piperidine rings is 1. The predicted octanol–water partition coefficient (Wildman–Crippen LogP) is 2.91. The first-order valence-electron chi connectivity index (χ1n) is 6.32. The van der Waals surface area contributed by atoms with Gasteiger partial charge in [-0.05, 0) is 31.5 Å². The molecule has 1 aromatic rings. The Balaban J connectivity index is 1.57. The highest BCUT2D eigenvalue weighted by Crippen LogP contribution is 2.14. The quantitative estimate of drug-likeness (QED) is 0.591. The predicted molar refractivity (Wildman–Crippen MR) is 71.4 cm³/mol. The van der Waals surface area contributed by atoms with Crippen molar-refractivity contribution in [2.24, 2.45) is 0 Å². The third-order valence-electron chi connectivity index (χ3n) is 3.18. The Morgan fingerprint density at radius 2 is 1.88 bits per heavy atom. The molecule has 1 saturated heterocycles. The van der Waals surface area contributed by atoms with E-state index in [4.69, 9.17) is 16.3 Å². The Kier molecular flexibility index (Phi) is 5.30. The van der Waals surface area contributed by atoms with Crippen molar-refractivity contribution >= 4 is 11.6 Å². The topological polar surface area (TPSA) is 12.5 Å². The van der Waals surface area contributed by atoms with Crippen LogP contribution in [0, 0.1) is 0 Å². The first-order chi connectivity index (χ1) is 8.34. The fourth-order valence-corrected chi connectivity index (χ4v) is 2.28. The van der Waals surface area contributed by atoms with Gasteiger partial charge in [-0.1, -0.05) is 30.3 Å². The average molecular weight is 254 g/mol. The van der Waals surface area contributed by atoms with Gasteiger partial charge < -0.3 is 9.64 Å². The molecule has 3 heteroatoms. The van der Waals surface area contributed by atoms with Gasteiger partial charge in [0.1, 0.15) is 0 Å². The summed E-state index contributed by atoms with van der Waals surface area (Å²) >= 11 is 6.07. The lowest BCUT2D eigenvalue weighted by atomic mass is 10.1. The van der Waals surface area contributed by atoms with Crippen LogP contribution in [0.2, 0.25) is 0 Å². The molecule has 0 atom stereocenters. The molecule has 1 heterocycles. The zero-order valence-corrected chi connectivity index (χ0v) is 10.9. The third kappa shape index (κ3) is 4.66. The molecule has 0 amide bonds. The molecule has 1 aromatic carbocycles. The van der Waals surface area contributed by atoms with Crippen molar-refractivity contribution in [2.75, 3.05) is 26.2 Å². The molecule has 1 aliphatic heterocycles. The lowest BCUT2D eigenvalue weighted by molar-refractivity contribution is 0.0867. The van der Waals surface area contributed by atoms with Crippen LogP contribution in [-0.4, -0.2) is 36.5 Å². The van der Waals surface area contributed by atoms with E-state index in [0.717, 1.165) is 39.1 Å². The first-order valence-corrected chi connectivity index (χ1v) is 6.76. The highest BCUT2D eigenvalue weighted by Gasteiger charge is 2.16. The zero-order valence-electron chi connectivity index (χ0n) is 10.1. The van der Waals surface area contributed by atoms with Gasteiger partial charge in [-0.2, -0.15) is 0 Å². The van der Waals surface area contributed by atoms with Gasteiger partial charge in [-0.25, -0.2) is 0 Å². The van der Waals surface area contributed by atoms with Crippen LogP contribution in [-0.2, 0) is 11.3 Å². The van der Waals surface area contributed by atoms with Gasteiger partial charge >= 0.3 is 0 Å². The standard InChI is InChI=1S/C14H20ClNO/c15-14-6-8-16(9-7-14)10-11-17-12-13-4-2-1-3-5-13/h1-5,14H,6-12H2. The second-order valence-corrected chi connectivity index (χ2v) is 5.17. The summed E-state index contributed by atoms with van der Waals surface area (Å²) in [6, 6.07) is 10.3. The Hall–Kier alpha value is -0.570. The average Bonchev–Trinajstić information content (AvgIpc) is 2.38. The Morgan fingerprint density at radius 1 is 1.18 bits per heavy atom. The van der Waals surface area contributed by atoms with Crippen LogP contribution in [0.25, 0.3) is 0 Å². The highest BCUT2D eigenvalue weighted by atomic mass is 35.5. The summed E-state index contributed by atoms with van der Waals surface area (Å²) in [7, 11) is 0. The van der Waals surface area contributed by atoms with Gasteiger partial charge in [0.05, 0.1) is 13.2 Å². The molecule has 0 unspecified atom stereocenters. The maximum atomic E-state index is 6.07. The minimum Gasteiger partial charge on any atom is -0.375 e. The maximum Gasteiger partial charge on any atom is 0.0717 e. The summed E-state index contributed by atoms with van der Waals surface area (Å²) in [6.45, 7) is 4.77. The van der Waals surface area contributed by atoms with Gasteiger partial charge in [0.15, 0.2) is 0 Å². The second-order valence-electron chi connectivity index (χ2n) is 4.55. The number of ether oxygens (including phenoxy) is 1. The molecule has 0 bridgehead atoms. The molecule has 0 aliphatic carbocycles. The largest absolute Gasteiger partial charge is 0.375 e.